The molecule has 0 aromatic rings. The topological polar surface area (TPSA) is 52.6 Å². The van der Waals surface area contributed by atoms with Crippen LogP contribution in [-0.2, 0) is 18.4 Å². The Morgan fingerprint density at radius 2 is 1.67 bits per heavy atom. The van der Waals surface area contributed by atoms with Crippen molar-refractivity contribution in [2.45, 2.75) is 46.5 Å². The van der Waals surface area contributed by atoms with Crippen molar-refractivity contribution in [1.82, 2.24) is 0 Å². The molecule has 0 spiro atoms. The van der Waals surface area contributed by atoms with Gasteiger partial charge in [-0.15, -0.1) is 0 Å². The fraction of sp³-hybridized carbons (Fsp3) is 0.923. The second kappa shape index (κ2) is 8.84. The van der Waals surface area contributed by atoms with E-state index in [2.05, 4.69) is 20.8 Å². The smallest absolute Gasteiger partial charge is 0.312 e. The zero-order valence-corrected chi connectivity index (χ0v) is 13.2. The molecule has 0 N–H and O–H groups in total. The molecule has 108 valence electrons. The molecule has 1 atom stereocenters. The van der Waals surface area contributed by atoms with E-state index in [-0.39, 0.29) is 11.9 Å². The van der Waals surface area contributed by atoms with Gasteiger partial charge in [0.1, 0.15) is 11.9 Å². The fourth-order valence-electron chi connectivity index (χ4n) is 1.85. The van der Waals surface area contributed by atoms with E-state index in [4.69, 9.17) is 9.05 Å². The van der Waals surface area contributed by atoms with Crippen molar-refractivity contribution < 1.29 is 18.4 Å². The minimum Gasteiger partial charge on any atom is -0.312 e. The fourth-order valence-corrected chi connectivity index (χ4v) is 2.82. The van der Waals surface area contributed by atoms with Gasteiger partial charge in [0.05, 0.1) is 0 Å². The van der Waals surface area contributed by atoms with Crippen molar-refractivity contribution in [2.75, 3.05) is 20.4 Å². The van der Waals surface area contributed by atoms with E-state index in [1.165, 1.54) is 20.6 Å². The Morgan fingerprint density at radius 3 is 2.11 bits per heavy atom. The van der Waals surface area contributed by atoms with Crippen LogP contribution in [0.4, 0.5) is 0 Å². The van der Waals surface area contributed by atoms with Gasteiger partial charge in [-0.3, -0.25) is 9.36 Å². The number of rotatable bonds is 10. The predicted molar refractivity (Wildman–Crippen MR) is 74.0 cm³/mol. The molecular weight excluding hydrogens is 251 g/mol. The normalized spacial score (nSPS) is 13.9. The van der Waals surface area contributed by atoms with Crippen LogP contribution in [0.25, 0.3) is 0 Å². The molecule has 0 radical (unpaired) electrons. The maximum absolute atomic E-state index is 11.8. The molecular formula is C13H27O4P. The first-order chi connectivity index (χ1) is 8.33. The van der Waals surface area contributed by atoms with Crippen LogP contribution in [0, 0.1) is 11.8 Å². The predicted octanol–water partition coefficient (Wildman–Crippen LogP) is 3.89. The first-order valence-electron chi connectivity index (χ1n) is 6.55. The van der Waals surface area contributed by atoms with Gasteiger partial charge in [0, 0.05) is 20.6 Å². The van der Waals surface area contributed by atoms with E-state index in [1.54, 1.807) is 0 Å². The molecule has 18 heavy (non-hydrogen) atoms. The zero-order valence-electron chi connectivity index (χ0n) is 12.3. The van der Waals surface area contributed by atoms with Crippen molar-refractivity contribution in [2.24, 2.45) is 11.8 Å². The number of hydrogen-bond acceptors (Lipinski definition) is 4. The Balaban J connectivity index is 3.97. The summed E-state index contributed by atoms with van der Waals surface area (Å²) in [6, 6.07) is 0. The highest BCUT2D eigenvalue weighted by atomic mass is 31.2. The van der Waals surface area contributed by atoms with Crippen LogP contribution in [0.15, 0.2) is 0 Å². The second-order valence-electron chi connectivity index (χ2n) is 5.31. The summed E-state index contributed by atoms with van der Waals surface area (Å²) in [4.78, 5) is 11.8. The van der Waals surface area contributed by atoms with Crippen LogP contribution in [0.1, 0.15) is 46.5 Å². The Kier molecular flexibility index (Phi) is 8.75. The molecule has 0 heterocycles. The number of carbonyl (C=O) groups is 1. The molecule has 0 aromatic carbocycles. The summed E-state index contributed by atoms with van der Waals surface area (Å²) in [7, 11) is -0.566. The molecule has 0 saturated heterocycles. The van der Waals surface area contributed by atoms with E-state index in [9.17, 15) is 9.36 Å². The lowest BCUT2D eigenvalue weighted by Crippen LogP contribution is -2.12. The van der Waals surface area contributed by atoms with Crippen LogP contribution in [0.5, 0.6) is 0 Å². The Bertz CT molecular complexity index is 281. The molecule has 0 bridgehead atoms. The van der Waals surface area contributed by atoms with E-state index in [0.29, 0.717) is 18.3 Å². The van der Waals surface area contributed by atoms with Gasteiger partial charge in [0.25, 0.3) is 0 Å². The number of Topliss-reactive ketones (excluding diaryl/α,β-unsaturated/α-hetero) is 1. The Hall–Kier alpha value is -0.180. The van der Waals surface area contributed by atoms with Gasteiger partial charge in [-0.05, 0) is 11.8 Å². The Labute approximate surface area is 111 Å². The molecule has 0 aliphatic carbocycles. The summed E-state index contributed by atoms with van der Waals surface area (Å²) in [5.41, 5.74) is 0. The Morgan fingerprint density at radius 1 is 1.11 bits per heavy atom. The number of hydrogen-bond donors (Lipinski definition) is 0. The van der Waals surface area contributed by atoms with Gasteiger partial charge in [0.2, 0.25) is 0 Å². The summed E-state index contributed by atoms with van der Waals surface area (Å²) >= 11 is 0. The molecule has 5 heteroatoms. The lowest BCUT2D eigenvalue weighted by molar-refractivity contribution is -0.117. The van der Waals surface area contributed by atoms with E-state index in [0.717, 1.165) is 12.8 Å². The van der Waals surface area contributed by atoms with Crippen molar-refractivity contribution >= 4 is 13.4 Å². The molecule has 0 saturated carbocycles. The standard InChI is InChI=1S/C13H27O4P/c1-11(2)7-6-8-12(3)9-13(14)10-18(15,16-4)17-5/h11-12H,6-10H2,1-5H3. The first kappa shape index (κ1) is 17.8. The van der Waals surface area contributed by atoms with Crippen LogP contribution in [-0.4, -0.2) is 26.2 Å². The van der Waals surface area contributed by atoms with Crippen LogP contribution >= 0.6 is 7.60 Å². The summed E-state index contributed by atoms with van der Waals surface area (Å²) in [5, 5.41) is 0. The van der Waals surface area contributed by atoms with Crippen molar-refractivity contribution in [3.8, 4) is 0 Å². The molecule has 0 aromatic heterocycles. The average molecular weight is 278 g/mol. The second-order valence-corrected chi connectivity index (χ2v) is 7.58. The van der Waals surface area contributed by atoms with Crippen molar-refractivity contribution in [1.29, 1.82) is 0 Å². The molecule has 0 fully saturated rings. The minimum atomic E-state index is -3.18. The van der Waals surface area contributed by atoms with Crippen LogP contribution < -0.4 is 0 Å². The molecule has 1 unspecified atom stereocenters. The van der Waals surface area contributed by atoms with Crippen LogP contribution in [0.2, 0.25) is 0 Å². The first-order valence-corrected chi connectivity index (χ1v) is 8.28. The monoisotopic (exact) mass is 278 g/mol. The van der Waals surface area contributed by atoms with E-state index in [1.807, 2.05) is 0 Å². The minimum absolute atomic E-state index is 0.0425. The summed E-state index contributed by atoms with van der Waals surface area (Å²) in [6.07, 6.45) is 3.70. The highest BCUT2D eigenvalue weighted by molar-refractivity contribution is 7.54. The highest BCUT2D eigenvalue weighted by Gasteiger charge is 2.25. The molecule has 0 aliphatic heterocycles. The van der Waals surface area contributed by atoms with E-state index >= 15 is 0 Å². The van der Waals surface area contributed by atoms with Gasteiger partial charge < -0.3 is 9.05 Å². The van der Waals surface area contributed by atoms with Gasteiger partial charge in [-0.25, -0.2) is 0 Å². The van der Waals surface area contributed by atoms with Crippen molar-refractivity contribution in [3.63, 3.8) is 0 Å². The highest BCUT2D eigenvalue weighted by Crippen LogP contribution is 2.46. The lowest BCUT2D eigenvalue weighted by Gasteiger charge is -2.15. The van der Waals surface area contributed by atoms with Gasteiger partial charge in [-0.2, -0.15) is 0 Å². The molecule has 0 rings (SSSR count). The lowest BCUT2D eigenvalue weighted by atomic mass is 9.96. The van der Waals surface area contributed by atoms with Crippen LogP contribution in [0.3, 0.4) is 0 Å². The third kappa shape index (κ3) is 8.02. The summed E-state index contributed by atoms with van der Waals surface area (Å²) in [6.45, 7) is 6.45. The SMILES string of the molecule is COP(=O)(CC(=O)CC(C)CCCC(C)C)OC. The largest absolute Gasteiger partial charge is 0.337 e. The molecule has 4 nitrogen and oxygen atoms in total. The van der Waals surface area contributed by atoms with Crippen molar-refractivity contribution in [3.05, 3.63) is 0 Å². The average Bonchev–Trinajstić information content (AvgIpc) is 2.28. The zero-order chi connectivity index (χ0) is 14.2. The number of carbonyl (C=O) groups excluding carboxylic acids is 1. The van der Waals surface area contributed by atoms with Gasteiger partial charge >= 0.3 is 7.60 Å². The van der Waals surface area contributed by atoms with E-state index < -0.39 is 7.60 Å². The summed E-state index contributed by atoms with van der Waals surface area (Å²) in [5.74, 6) is 0.993. The maximum atomic E-state index is 11.8. The summed E-state index contributed by atoms with van der Waals surface area (Å²) < 4.78 is 21.3. The quantitative estimate of drug-likeness (QED) is 0.569. The maximum Gasteiger partial charge on any atom is 0.337 e. The van der Waals surface area contributed by atoms with Gasteiger partial charge in [0.15, 0.2) is 0 Å². The van der Waals surface area contributed by atoms with Gasteiger partial charge in [-0.1, -0.05) is 40.0 Å². The molecule has 0 amide bonds. The number of ketones is 1. The molecule has 0 aliphatic rings. The third-order valence-electron chi connectivity index (χ3n) is 2.98. The third-order valence-corrected chi connectivity index (χ3v) is 4.83.